The summed E-state index contributed by atoms with van der Waals surface area (Å²) in [6.07, 6.45) is 0. The zero-order chi connectivity index (χ0) is 21.5. The first-order valence-corrected chi connectivity index (χ1v) is 11.9. The third-order valence-corrected chi connectivity index (χ3v) is 7.47. The summed E-state index contributed by atoms with van der Waals surface area (Å²) < 4.78 is 35.7. The van der Waals surface area contributed by atoms with Crippen molar-refractivity contribution in [3.8, 4) is 0 Å². The van der Waals surface area contributed by atoms with Crippen molar-refractivity contribution in [1.29, 1.82) is 0 Å². The van der Waals surface area contributed by atoms with E-state index in [1.165, 1.54) is 33.6 Å². The second-order valence-corrected chi connectivity index (χ2v) is 10.1. The number of rotatable bonds is 6. The molecule has 4 aromatic rings. The summed E-state index contributed by atoms with van der Waals surface area (Å²) in [6, 6.07) is 15.7. The van der Waals surface area contributed by atoms with Crippen molar-refractivity contribution in [3.63, 3.8) is 0 Å². The van der Waals surface area contributed by atoms with Crippen molar-refractivity contribution in [2.45, 2.75) is 30.7 Å². The van der Waals surface area contributed by atoms with Gasteiger partial charge in [-0.05, 0) is 40.6 Å². The van der Waals surface area contributed by atoms with Crippen LogP contribution in [0.25, 0.3) is 11.1 Å². The molecular weight excluding hydrogens is 420 g/mol. The van der Waals surface area contributed by atoms with Crippen molar-refractivity contribution in [2.24, 2.45) is 7.05 Å². The molecule has 2 heterocycles. The number of aromatic nitrogens is 1. The quantitative estimate of drug-likeness (QED) is 0.480. The number of fused-ring (bicyclic) bond motifs is 1. The van der Waals surface area contributed by atoms with Gasteiger partial charge in [-0.3, -0.25) is 4.57 Å². The molecular formula is C22H22N2O4S2. The molecule has 2 aromatic carbocycles. The topological polar surface area (TPSA) is 81.3 Å². The molecule has 0 aliphatic heterocycles. The minimum atomic E-state index is -3.87. The lowest BCUT2D eigenvalue weighted by molar-refractivity contribution is 0.527. The van der Waals surface area contributed by atoms with Crippen LogP contribution >= 0.6 is 11.3 Å². The number of aryl methyl sites for hydroxylation is 1. The van der Waals surface area contributed by atoms with Crippen LogP contribution in [0.1, 0.15) is 41.8 Å². The molecule has 1 atom stereocenters. The summed E-state index contributed by atoms with van der Waals surface area (Å²) in [5, 5.41) is 1.92. The third kappa shape index (κ3) is 3.86. The van der Waals surface area contributed by atoms with Crippen molar-refractivity contribution in [1.82, 2.24) is 9.29 Å². The lowest BCUT2D eigenvalue weighted by atomic mass is 9.99. The second kappa shape index (κ2) is 7.86. The minimum absolute atomic E-state index is 0.0460. The van der Waals surface area contributed by atoms with Gasteiger partial charge in [0, 0.05) is 18.0 Å². The summed E-state index contributed by atoms with van der Waals surface area (Å²) in [5.74, 6) is -0.141. The molecule has 8 heteroatoms. The molecule has 0 aliphatic carbocycles. The first-order chi connectivity index (χ1) is 14.3. The molecule has 0 unspecified atom stereocenters. The molecule has 6 nitrogen and oxygen atoms in total. The van der Waals surface area contributed by atoms with Crippen molar-refractivity contribution < 1.29 is 12.8 Å². The maximum atomic E-state index is 13.2. The Morgan fingerprint density at radius 1 is 1.03 bits per heavy atom. The van der Waals surface area contributed by atoms with E-state index in [2.05, 4.69) is 18.6 Å². The highest BCUT2D eigenvalue weighted by molar-refractivity contribution is 7.89. The van der Waals surface area contributed by atoms with Crippen LogP contribution in [-0.2, 0) is 17.1 Å². The largest absolute Gasteiger partial charge is 0.419 e. The normalized spacial score (nSPS) is 13.2. The number of oxazole rings is 1. The van der Waals surface area contributed by atoms with Crippen molar-refractivity contribution in [3.05, 3.63) is 86.5 Å². The smallest absolute Gasteiger partial charge is 0.408 e. The van der Waals surface area contributed by atoms with Gasteiger partial charge < -0.3 is 4.42 Å². The third-order valence-electron chi connectivity index (χ3n) is 5.11. The molecule has 0 bridgehead atoms. The Kier molecular flexibility index (Phi) is 5.40. The summed E-state index contributed by atoms with van der Waals surface area (Å²) in [5.41, 5.74) is 2.83. The Morgan fingerprint density at radius 2 is 1.73 bits per heavy atom. The van der Waals surface area contributed by atoms with Crippen molar-refractivity contribution in [2.75, 3.05) is 0 Å². The Bertz CT molecular complexity index is 1330. The van der Waals surface area contributed by atoms with E-state index in [4.69, 9.17) is 4.42 Å². The SMILES string of the molecule is CC(C)c1ccc([C@H](NS(=O)(=O)c2ccc3c(c2)oc(=O)n3C)c2cccs2)cc1. The molecule has 0 saturated heterocycles. The Balaban J connectivity index is 1.72. The molecule has 0 spiro atoms. The van der Waals surface area contributed by atoms with Crippen molar-refractivity contribution >= 4 is 32.5 Å². The lowest BCUT2D eigenvalue weighted by Crippen LogP contribution is -2.29. The molecule has 0 radical (unpaired) electrons. The van der Waals surface area contributed by atoms with Gasteiger partial charge in [-0.25, -0.2) is 13.2 Å². The van der Waals surface area contributed by atoms with Gasteiger partial charge in [0.25, 0.3) is 0 Å². The van der Waals surface area contributed by atoms with E-state index in [0.717, 1.165) is 10.4 Å². The molecule has 156 valence electrons. The van der Waals surface area contributed by atoms with Crippen LogP contribution in [0, 0.1) is 0 Å². The predicted octanol–water partition coefficient (Wildman–Crippen LogP) is 4.38. The van der Waals surface area contributed by atoms with E-state index < -0.39 is 21.8 Å². The number of benzene rings is 2. The Morgan fingerprint density at radius 3 is 2.37 bits per heavy atom. The van der Waals surface area contributed by atoms with Crippen LogP contribution in [0.2, 0.25) is 0 Å². The first-order valence-electron chi connectivity index (χ1n) is 9.51. The van der Waals surface area contributed by atoms with Gasteiger partial charge in [-0.15, -0.1) is 11.3 Å². The van der Waals surface area contributed by atoms with Crippen LogP contribution in [0.4, 0.5) is 0 Å². The number of thiophene rings is 1. The predicted molar refractivity (Wildman–Crippen MR) is 118 cm³/mol. The van der Waals surface area contributed by atoms with Gasteiger partial charge in [0.05, 0.1) is 16.5 Å². The van der Waals surface area contributed by atoms with E-state index in [-0.39, 0.29) is 10.5 Å². The second-order valence-electron chi connectivity index (χ2n) is 7.45. The number of nitrogens with zero attached hydrogens (tertiary/aromatic N) is 1. The highest BCUT2D eigenvalue weighted by atomic mass is 32.2. The van der Waals surface area contributed by atoms with E-state index in [0.29, 0.717) is 11.4 Å². The van der Waals surface area contributed by atoms with E-state index >= 15 is 0 Å². The van der Waals surface area contributed by atoms with E-state index in [1.54, 1.807) is 13.1 Å². The summed E-state index contributed by atoms with van der Waals surface area (Å²) in [7, 11) is -2.29. The zero-order valence-corrected chi connectivity index (χ0v) is 18.5. The molecule has 4 rings (SSSR count). The molecule has 30 heavy (non-hydrogen) atoms. The summed E-state index contributed by atoms with van der Waals surface area (Å²) in [6.45, 7) is 4.24. The number of sulfonamides is 1. The summed E-state index contributed by atoms with van der Waals surface area (Å²) in [4.78, 5) is 12.7. The minimum Gasteiger partial charge on any atom is -0.408 e. The fraction of sp³-hybridized carbons (Fsp3) is 0.227. The highest BCUT2D eigenvalue weighted by Crippen LogP contribution is 2.29. The van der Waals surface area contributed by atoms with Gasteiger partial charge in [0.2, 0.25) is 10.0 Å². The van der Waals surface area contributed by atoms with E-state index in [9.17, 15) is 13.2 Å². The average molecular weight is 443 g/mol. The van der Waals surface area contributed by atoms with Crippen LogP contribution < -0.4 is 10.5 Å². The van der Waals surface area contributed by atoms with Crippen LogP contribution in [0.3, 0.4) is 0 Å². The molecule has 0 saturated carbocycles. The van der Waals surface area contributed by atoms with Gasteiger partial charge in [0.1, 0.15) is 0 Å². The molecule has 2 aromatic heterocycles. The van der Waals surface area contributed by atoms with Crippen LogP contribution in [0.15, 0.2) is 74.1 Å². The molecule has 1 N–H and O–H groups in total. The number of hydrogen-bond donors (Lipinski definition) is 1. The number of nitrogens with one attached hydrogen (secondary N) is 1. The zero-order valence-electron chi connectivity index (χ0n) is 16.8. The van der Waals surface area contributed by atoms with Gasteiger partial charge in [-0.1, -0.05) is 44.2 Å². The number of hydrogen-bond acceptors (Lipinski definition) is 5. The maximum Gasteiger partial charge on any atom is 0.419 e. The lowest BCUT2D eigenvalue weighted by Gasteiger charge is -2.19. The monoisotopic (exact) mass is 442 g/mol. The Labute approximate surface area is 178 Å². The van der Waals surface area contributed by atoms with Gasteiger partial charge in [-0.2, -0.15) is 4.72 Å². The Hall–Kier alpha value is -2.68. The summed E-state index contributed by atoms with van der Waals surface area (Å²) >= 11 is 1.49. The van der Waals surface area contributed by atoms with Crippen LogP contribution in [0.5, 0.6) is 0 Å². The van der Waals surface area contributed by atoms with Crippen LogP contribution in [-0.4, -0.2) is 13.0 Å². The fourth-order valence-corrected chi connectivity index (χ4v) is 5.42. The molecule has 0 fully saturated rings. The fourth-order valence-electron chi connectivity index (χ4n) is 3.32. The van der Waals surface area contributed by atoms with Gasteiger partial charge >= 0.3 is 5.76 Å². The average Bonchev–Trinajstić information content (AvgIpc) is 3.35. The maximum absolute atomic E-state index is 13.2. The standard InChI is InChI=1S/C22H22N2O4S2/c1-14(2)15-6-8-16(9-7-15)21(20-5-4-12-29-20)23-30(26,27)17-10-11-18-19(13-17)28-22(25)24(18)3/h4-14,21,23H,1-3H3/t21-/m0/s1. The molecule has 0 aliphatic rings. The highest BCUT2D eigenvalue weighted by Gasteiger charge is 2.25. The van der Waals surface area contributed by atoms with E-state index in [1.807, 2.05) is 41.8 Å². The molecule has 0 amide bonds. The first kappa shape index (κ1) is 20.6. The van der Waals surface area contributed by atoms with Gasteiger partial charge in [0.15, 0.2) is 5.58 Å².